The van der Waals surface area contributed by atoms with Gasteiger partial charge in [0.05, 0.1) is 11.4 Å². The Labute approximate surface area is 240 Å². The van der Waals surface area contributed by atoms with Crippen LogP contribution in [0.4, 0.5) is 10.2 Å². The molecule has 0 saturated carbocycles. The first-order valence-electron chi connectivity index (χ1n) is 12.6. The monoisotopic (exact) mass is 576 g/mol. The molecular formula is C29H25FN4O4S2. The van der Waals surface area contributed by atoms with Gasteiger partial charge in [-0.25, -0.2) is 4.39 Å². The molecule has 3 heterocycles. The fourth-order valence-electron chi connectivity index (χ4n) is 4.57. The molecule has 0 bridgehead atoms. The smallest absolute Gasteiger partial charge is 0.270 e. The molecular weight excluding hydrogens is 551 g/mol. The summed E-state index contributed by atoms with van der Waals surface area (Å²) in [6, 6.07) is 13.5. The van der Waals surface area contributed by atoms with Crippen molar-refractivity contribution in [1.82, 2.24) is 9.47 Å². The van der Waals surface area contributed by atoms with Gasteiger partial charge >= 0.3 is 0 Å². The van der Waals surface area contributed by atoms with E-state index in [2.05, 4.69) is 5.32 Å². The van der Waals surface area contributed by atoms with Crippen LogP contribution in [0.5, 0.6) is 11.5 Å². The molecule has 0 atom stereocenters. The van der Waals surface area contributed by atoms with Gasteiger partial charge in [-0.3, -0.25) is 19.1 Å². The van der Waals surface area contributed by atoms with Gasteiger partial charge in [-0.05, 0) is 60.4 Å². The third-order valence-corrected chi connectivity index (χ3v) is 8.00. The number of rotatable bonds is 8. The standard InChI is InChI=1S/C29H25FN4O4S2/c1-3-10-33-26(32-14-19-6-9-23-24(11-19)38-16-37-23)21(17(2)22(13-31)27(33)35)12-25-28(36)34(29(39)40-25)15-18-4-7-20(30)8-5-18/h4-9,11-12,32H,3,10,14-16H2,1-2H3/b25-12+. The molecule has 11 heteroatoms. The van der Waals surface area contributed by atoms with Crippen molar-refractivity contribution in [1.29, 1.82) is 5.26 Å². The van der Waals surface area contributed by atoms with Crippen LogP contribution in [0.25, 0.3) is 6.08 Å². The number of amides is 1. The first-order valence-corrected chi connectivity index (χ1v) is 13.8. The molecule has 204 valence electrons. The predicted octanol–water partition coefficient (Wildman–Crippen LogP) is 5.32. The van der Waals surface area contributed by atoms with Crippen molar-refractivity contribution >= 4 is 46.1 Å². The number of carbonyl (C=O) groups is 1. The Hall–Kier alpha value is -4.14. The maximum Gasteiger partial charge on any atom is 0.270 e. The van der Waals surface area contributed by atoms with Crippen LogP contribution < -0.4 is 20.3 Å². The van der Waals surface area contributed by atoms with E-state index in [1.165, 1.54) is 17.0 Å². The highest BCUT2D eigenvalue weighted by Crippen LogP contribution is 2.36. The summed E-state index contributed by atoms with van der Waals surface area (Å²) in [5, 5.41) is 13.2. The van der Waals surface area contributed by atoms with Gasteiger partial charge in [0.25, 0.3) is 11.5 Å². The summed E-state index contributed by atoms with van der Waals surface area (Å²) in [6.07, 6.45) is 2.35. The van der Waals surface area contributed by atoms with Crippen molar-refractivity contribution in [2.75, 3.05) is 12.1 Å². The molecule has 1 N–H and O–H groups in total. The van der Waals surface area contributed by atoms with Crippen LogP contribution in [0, 0.1) is 24.1 Å². The van der Waals surface area contributed by atoms with Crippen LogP contribution >= 0.6 is 24.0 Å². The number of thioether (sulfide) groups is 1. The van der Waals surface area contributed by atoms with Crippen molar-refractivity contribution in [3.05, 3.63) is 91.4 Å². The third kappa shape index (κ3) is 5.33. The number of nitrogens with zero attached hydrogens (tertiary/aromatic N) is 3. The minimum atomic E-state index is -0.393. The Bertz CT molecular complexity index is 1640. The van der Waals surface area contributed by atoms with Crippen molar-refractivity contribution in [3.8, 4) is 17.6 Å². The highest BCUT2D eigenvalue weighted by atomic mass is 32.2. The maximum absolute atomic E-state index is 13.4. The lowest BCUT2D eigenvalue weighted by molar-refractivity contribution is -0.122. The maximum atomic E-state index is 13.4. The Balaban J connectivity index is 1.53. The van der Waals surface area contributed by atoms with E-state index in [0.717, 1.165) is 22.9 Å². The Morgan fingerprint density at radius 2 is 1.88 bits per heavy atom. The van der Waals surface area contributed by atoms with Crippen molar-refractivity contribution in [2.45, 2.75) is 39.9 Å². The zero-order valence-corrected chi connectivity index (χ0v) is 23.5. The minimum absolute atomic E-state index is 0.0233. The second-order valence-corrected chi connectivity index (χ2v) is 10.9. The molecule has 1 amide bonds. The zero-order chi connectivity index (χ0) is 28.4. The summed E-state index contributed by atoms with van der Waals surface area (Å²) in [7, 11) is 0. The quantitative estimate of drug-likeness (QED) is 0.284. The number of carbonyl (C=O) groups excluding carboxylic acids is 1. The number of fused-ring (bicyclic) bond motifs is 1. The topological polar surface area (TPSA) is 96.6 Å². The van der Waals surface area contributed by atoms with E-state index in [1.54, 1.807) is 29.7 Å². The number of anilines is 1. The average molecular weight is 577 g/mol. The van der Waals surface area contributed by atoms with Gasteiger partial charge < -0.3 is 14.8 Å². The predicted molar refractivity (Wildman–Crippen MR) is 155 cm³/mol. The van der Waals surface area contributed by atoms with Crippen LogP contribution in [0.15, 0.2) is 52.2 Å². The number of ether oxygens (including phenoxy) is 2. The summed E-state index contributed by atoms with van der Waals surface area (Å²) in [6.45, 7) is 4.75. The minimum Gasteiger partial charge on any atom is -0.454 e. The molecule has 40 heavy (non-hydrogen) atoms. The lowest BCUT2D eigenvalue weighted by Gasteiger charge is -2.20. The van der Waals surface area contributed by atoms with Gasteiger partial charge in [0.1, 0.15) is 27.6 Å². The second-order valence-electron chi connectivity index (χ2n) is 9.27. The van der Waals surface area contributed by atoms with E-state index in [0.29, 0.717) is 57.2 Å². The Kier molecular flexibility index (Phi) is 7.91. The van der Waals surface area contributed by atoms with E-state index < -0.39 is 5.56 Å². The second kappa shape index (κ2) is 11.5. The normalized spacial score (nSPS) is 15.2. The Morgan fingerprint density at radius 1 is 1.15 bits per heavy atom. The summed E-state index contributed by atoms with van der Waals surface area (Å²) < 4.78 is 26.2. The molecule has 2 aliphatic heterocycles. The van der Waals surface area contributed by atoms with Gasteiger partial charge in [-0.1, -0.05) is 49.1 Å². The molecule has 0 aliphatic carbocycles. The fraction of sp³-hybridized carbons (Fsp3) is 0.241. The summed E-state index contributed by atoms with van der Waals surface area (Å²) in [5.41, 5.74) is 2.30. The van der Waals surface area contributed by atoms with Crippen molar-refractivity contribution < 1.29 is 18.7 Å². The number of hydrogen-bond donors (Lipinski definition) is 1. The molecule has 8 nitrogen and oxygen atoms in total. The van der Waals surface area contributed by atoms with Crippen LogP contribution in [0.3, 0.4) is 0 Å². The molecule has 1 aromatic heterocycles. The number of nitrogens with one attached hydrogen (secondary N) is 1. The number of benzene rings is 2. The molecule has 5 rings (SSSR count). The van der Waals surface area contributed by atoms with Crippen LogP contribution in [0.1, 0.15) is 41.2 Å². The fourth-order valence-corrected chi connectivity index (χ4v) is 5.80. The van der Waals surface area contributed by atoms with Gasteiger partial charge in [-0.15, -0.1) is 0 Å². The van der Waals surface area contributed by atoms with E-state index >= 15 is 0 Å². The summed E-state index contributed by atoms with van der Waals surface area (Å²) in [4.78, 5) is 28.6. The first-order chi connectivity index (χ1) is 19.3. The van der Waals surface area contributed by atoms with Crippen LogP contribution in [-0.2, 0) is 24.4 Å². The number of thiocarbonyl (C=S) groups is 1. The summed E-state index contributed by atoms with van der Waals surface area (Å²) in [5.74, 6) is 1.16. The number of halogens is 1. The van der Waals surface area contributed by atoms with Gasteiger partial charge in [0, 0.05) is 18.7 Å². The van der Waals surface area contributed by atoms with Gasteiger partial charge in [0.15, 0.2) is 11.5 Å². The number of nitriles is 1. The molecule has 0 spiro atoms. The lowest BCUT2D eigenvalue weighted by atomic mass is 10.0. The molecule has 2 aromatic carbocycles. The van der Waals surface area contributed by atoms with E-state index in [4.69, 9.17) is 21.7 Å². The number of aromatic nitrogens is 1. The molecule has 1 fully saturated rings. The van der Waals surface area contributed by atoms with Crippen molar-refractivity contribution in [2.24, 2.45) is 0 Å². The molecule has 1 saturated heterocycles. The van der Waals surface area contributed by atoms with Crippen LogP contribution in [-0.4, -0.2) is 26.5 Å². The first kappa shape index (κ1) is 27.4. The van der Waals surface area contributed by atoms with E-state index in [1.807, 2.05) is 31.2 Å². The number of pyridine rings is 1. The molecule has 0 radical (unpaired) electrons. The van der Waals surface area contributed by atoms with Crippen molar-refractivity contribution in [3.63, 3.8) is 0 Å². The SMILES string of the molecule is CCCn1c(NCc2ccc3c(c2)OCO3)c(/C=C2/SC(=S)N(Cc3ccc(F)cc3)C2=O)c(C)c(C#N)c1=O. The number of hydrogen-bond acceptors (Lipinski definition) is 8. The lowest BCUT2D eigenvalue weighted by Crippen LogP contribution is -2.28. The third-order valence-electron chi connectivity index (χ3n) is 6.62. The largest absolute Gasteiger partial charge is 0.454 e. The van der Waals surface area contributed by atoms with Gasteiger partial charge in [0.2, 0.25) is 6.79 Å². The highest BCUT2D eigenvalue weighted by molar-refractivity contribution is 8.26. The van der Waals surface area contributed by atoms with E-state index in [9.17, 15) is 19.2 Å². The average Bonchev–Trinajstić information content (AvgIpc) is 3.52. The van der Waals surface area contributed by atoms with Crippen LogP contribution in [0.2, 0.25) is 0 Å². The highest BCUT2D eigenvalue weighted by Gasteiger charge is 2.33. The Morgan fingerprint density at radius 3 is 2.60 bits per heavy atom. The van der Waals surface area contributed by atoms with Gasteiger partial charge in [-0.2, -0.15) is 5.26 Å². The summed E-state index contributed by atoms with van der Waals surface area (Å²) >= 11 is 6.65. The molecule has 0 unspecified atom stereocenters. The van der Waals surface area contributed by atoms with E-state index in [-0.39, 0.29) is 30.6 Å². The zero-order valence-electron chi connectivity index (χ0n) is 21.8. The molecule has 3 aromatic rings. The molecule has 2 aliphatic rings.